The number of hydrogen-bond donors (Lipinski definition) is 0. The number of aromatic nitrogens is 1. The zero-order valence-corrected chi connectivity index (χ0v) is 14.3. The van der Waals surface area contributed by atoms with Crippen LogP contribution in [0, 0.1) is 17.8 Å². The molecule has 25 heavy (non-hydrogen) atoms. The molecule has 2 fully saturated rings. The van der Waals surface area contributed by atoms with E-state index in [1.807, 2.05) is 20.8 Å². The topological polar surface area (TPSA) is 51.7 Å². The molecule has 1 saturated heterocycles. The molecule has 2 atom stereocenters. The molecule has 1 aromatic rings. The molecule has 2 heterocycles. The summed E-state index contributed by atoms with van der Waals surface area (Å²) < 4.78 is 48.8. The average molecular weight is 358 g/mol. The van der Waals surface area contributed by atoms with Crippen molar-refractivity contribution >= 4 is 6.09 Å². The van der Waals surface area contributed by atoms with Crippen LogP contribution >= 0.6 is 0 Å². The Morgan fingerprint density at radius 2 is 1.88 bits per heavy atom. The zero-order valence-electron chi connectivity index (χ0n) is 14.3. The molecule has 1 saturated carbocycles. The number of piperidine rings is 1. The number of fused-ring (bicyclic) bond motifs is 1. The lowest BCUT2D eigenvalue weighted by Gasteiger charge is -2.25. The van der Waals surface area contributed by atoms with Crippen molar-refractivity contribution in [2.24, 2.45) is 17.8 Å². The predicted molar refractivity (Wildman–Crippen MR) is 83.0 cm³/mol. The predicted octanol–water partition coefficient (Wildman–Crippen LogP) is 3.59. The van der Waals surface area contributed by atoms with Gasteiger partial charge in [-0.1, -0.05) is 0 Å². The first-order valence-electron chi connectivity index (χ1n) is 8.17. The van der Waals surface area contributed by atoms with E-state index >= 15 is 0 Å². The minimum atomic E-state index is -4.43. The molecule has 2 unspecified atom stereocenters. The van der Waals surface area contributed by atoms with E-state index in [0.29, 0.717) is 31.5 Å². The lowest BCUT2D eigenvalue weighted by molar-refractivity contribution is -0.138. The summed E-state index contributed by atoms with van der Waals surface area (Å²) in [6.07, 6.45) is -2.70. The van der Waals surface area contributed by atoms with Crippen molar-refractivity contribution in [3.63, 3.8) is 0 Å². The zero-order chi connectivity index (χ0) is 18.4. The Morgan fingerprint density at radius 3 is 2.44 bits per heavy atom. The van der Waals surface area contributed by atoms with E-state index in [9.17, 15) is 18.0 Å². The van der Waals surface area contributed by atoms with E-state index in [1.165, 1.54) is 6.20 Å². The number of amides is 1. The number of ether oxygens (including phenoxy) is 2. The Hall–Kier alpha value is -1.99. The molecular weight excluding hydrogens is 337 g/mol. The molecule has 1 aliphatic heterocycles. The van der Waals surface area contributed by atoms with E-state index in [2.05, 4.69) is 4.98 Å². The maximum absolute atomic E-state index is 12.7. The van der Waals surface area contributed by atoms with Gasteiger partial charge >= 0.3 is 12.3 Å². The van der Waals surface area contributed by atoms with Crippen molar-refractivity contribution in [2.75, 3.05) is 19.7 Å². The highest BCUT2D eigenvalue weighted by molar-refractivity contribution is 5.69. The fourth-order valence-corrected chi connectivity index (χ4v) is 3.22. The fraction of sp³-hybridized carbons (Fsp3) is 0.647. The van der Waals surface area contributed by atoms with Crippen LogP contribution in [0.5, 0.6) is 5.75 Å². The van der Waals surface area contributed by atoms with Gasteiger partial charge in [-0.25, -0.2) is 4.79 Å². The van der Waals surface area contributed by atoms with Gasteiger partial charge in [0.25, 0.3) is 0 Å². The Kier molecular flexibility index (Phi) is 4.33. The van der Waals surface area contributed by atoms with Crippen LogP contribution in [0.4, 0.5) is 18.0 Å². The third-order valence-corrected chi connectivity index (χ3v) is 4.51. The molecule has 1 aromatic heterocycles. The van der Waals surface area contributed by atoms with Crippen LogP contribution in [-0.2, 0) is 10.9 Å². The number of carbonyl (C=O) groups is 1. The summed E-state index contributed by atoms with van der Waals surface area (Å²) in [6, 6.07) is 0.957. The highest BCUT2D eigenvalue weighted by atomic mass is 19.4. The van der Waals surface area contributed by atoms with Crippen molar-refractivity contribution in [3.05, 3.63) is 24.0 Å². The Balaban J connectivity index is 1.47. The molecule has 1 amide bonds. The summed E-state index contributed by atoms with van der Waals surface area (Å²) in [4.78, 5) is 17.3. The number of pyridine rings is 1. The quantitative estimate of drug-likeness (QED) is 0.829. The van der Waals surface area contributed by atoms with E-state index in [0.717, 1.165) is 12.3 Å². The van der Waals surface area contributed by atoms with Crippen LogP contribution in [0.1, 0.15) is 26.3 Å². The smallest absolute Gasteiger partial charge is 0.418 e. The SMILES string of the molecule is CC(C)(C)OC(=O)N1CC2C(COc3cncc(C(F)(F)F)c3)C2C1. The van der Waals surface area contributed by atoms with Gasteiger partial charge in [0.2, 0.25) is 0 Å². The van der Waals surface area contributed by atoms with Gasteiger partial charge in [-0.3, -0.25) is 4.98 Å². The maximum atomic E-state index is 12.7. The minimum absolute atomic E-state index is 0.115. The second-order valence-corrected chi connectivity index (χ2v) is 7.59. The second kappa shape index (κ2) is 6.07. The van der Waals surface area contributed by atoms with E-state index in [-0.39, 0.29) is 17.8 Å². The number of rotatable bonds is 3. The maximum Gasteiger partial charge on any atom is 0.418 e. The number of alkyl halides is 3. The van der Waals surface area contributed by atoms with Crippen molar-refractivity contribution in [3.8, 4) is 5.75 Å². The highest BCUT2D eigenvalue weighted by Crippen LogP contribution is 2.52. The number of likely N-dealkylation sites (tertiary alicyclic amines) is 1. The Bertz CT molecular complexity index is 645. The molecular formula is C17H21F3N2O3. The van der Waals surface area contributed by atoms with Gasteiger partial charge in [0.05, 0.1) is 18.4 Å². The lowest BCUT2D eigenvalue weighted by Crippen LogP contribution is -2.37. The molecule has 0 N–H and O–H groups in total. The lowest BCUT2D eigenvalue weighted by atomic mass is 10.2. The normalized spacial score (nSPS) is 25.5. The van der Waals surface area contributed by atoms with Crippen molar-refractivity contribution in [1.82, 2.24) is 9.88 Å². The Morgan fingerprint density at radius 1 is 1.24 bits per heavy atom. The van der Waals surface area contributed by atoms with Gasteiger partial charge < -0.3 is 14.4 Å². The van der Waals surface area contributed by atoms with Crippen molar-refractivity contribution < 1.29 is 27.4 Å². The second-order valence-electron chi connectivity index (χ2n) is 7.59. The molecule has 1 aliphatic carbocycles. The molecule has 2 aliphatic rings. The first-order chi connectivity index (χ1) is 11.5. The molecule has 5 nitrogen and oxygen atoms in total. The number of hydrogen-bond acceptors (Lipinski definition) is 4. The molecule has 138 valence electrons. The summed E-state index contributed by atoms with van der Waals surface area (Å²) in [5, 5.41) is 0. The molecule has 0 radical (unpaired) electrons. The first kappa shape index (κ1) is 17.8. The summed E-state index contributed by atoms with van der Waals surface area (Å²) in [5.41, 5.74) is -1.35. The first-order valence-corrected chi connectivity index (χ1v) is 8.17. The number of nitrogens with zero attached hydrogens (tertiary/aromatic N) is 2. The summed E-state index contributed by atoms with van der Waals surface area (Å²) in [5.74, 6) is 1.02. The van der Waals surface area contributed by atoms with Gasteiger partial charge in [-0.2, -0.15) is 13.2 Å². The highest BCUT2D eigenvalue weighted by Gasteiger charge is 2.57. The number of carbonyl (C=O) groups excluding carboxylic acids is 1. The van der Waals surface area contributed by atoms with E-state index in [1.54, 1.807) is 4.90 Å². The molecule has 0 bridgehead atoms. The van der Waals surface area contributed by atoms with Gasteiger partial charge in [0, 0.05) is 25.2 Å². The largest absolute Gasteiger partial charge is 0.492 e. The standard InChI is InChI=1S/C17H21F3N2O3/c1-16(2,3)25-15(23)22-7-12-13(8-22)14(12)9-24-11-4-10(5-21-6-11)17(18,19)20/h4-6,12-14H,7-9H2,1-3H3. The van der Waals surface area contributed by atoms with E-state index < -0.39 is 17.3 Å². The summed E-state index contributed by atoms with van der Waals surface area (Å²) in [7, 11) is 0. The molecule has 0 spiro atoms. The van der Waals surface area contributed by atoms with Gasteiger partial charge in [0.15, 0.2) is 0 Å². The van der Waals surface area contributed by atoms with Crippen LogP contribution in [0.3, 0.4) is 0 Å². The van der Waals surface area contributed by atoms with Crippen molar-refractivity contribution in [1.29, 1.82) is 0 Å². The summed E-state index contributed by atoms with van der Waals surface area (Å²) in [6.45, 7) is 7.01. The van der Waals surface area contributed by atoms with Crippen molar-refractivity contribution in [2.45, 2.75) is 32.5 Å². The average Bonchev–Trinajstić information content (AvgIpc) is 2.93. The minimum Gasteiger partial charge on any atom is -0.492 e. The monoisotopic (exact) mass is 358 g/mol. The van der Waals surface area contributed by atoms with Crippen LogP contribution in [0.25, 0.3) is 0 Å². The number of halogens is 3. The molecule has 0 aromatic carbocycles. The van der Waals surface area contributed by atoms with Gasteiger partial charge in [-0.05, 0) is 38.7 Å². The fourth-order valence-electron chi connectivity index (χ4n) is 3.22. The van der Waals surface area contributed by atoms with Gasteiger partial charge in [0.1, 0.15) is 11.4 Å². The summed E-state index contributed by atoms with van der Waals surface area (Å²) >= 11 is 0. The van der Waals surface area contributed by atoms with Crippen LogP contribution in [0.15, 0.2) is 18.5 Å². The molecule has 3 rings (SSSR count). The van der Waals surface area contributed by atoms with Crippen LogP contribution in [0.2, 0.25) is 0 Å². The Labute approximate surface area is 144 Å². The molecule has 8 heteroatoms. The van der Waals surface area contributed by atoms with Crippen LogP contribution < -0.4 is 4.74 Å². The van der Waals surface area contributed by atoms with Crippen LogP contribution in [-0.4, -0.2) is 41.3 Å². The third-order valence-electron chi connectivity index (χ3n) is 4.51. The third kappa shape index (κ3) is 4.16. The van der Waals surface area contributed by atoms with E-state index in [4.69, 9.17) is 9.47 Å². The van der Waals surface area contributed by atoms with Gasteiger partial charge in [-0.15, -0.1) is 0 Å².